The second kappa shape index (κ2) is 6.19. The molecule has 2 aromatic rings. The second-order valence-corrected chi connectivity index (χ2v) is 7.96. The number of thiophene rings is 1. The van der Waals surface area contributed by atoms with E-state index >= 15 is 0 Å². The number of carbonyl (C=O) groups is 2. The van der Waals surface area contributed by atoms with Crippen molar-refractivity contribution in [3.63, 3.8) is 0 Å². The number of anilines is 2. The summed E-state index contributed by atoms with van der Waals surface area (Å²) in [5.41, 5.74) is 2.54. The van der Waals surface area contributed by atoms with E-state index in [4.69, 9.17) is 4.74 Å². The van der Waals surface area contributed by atoms with Gasteiger partial charge in [0.25, 0.3) is 11.8 Å². The number of carbonyl (C=O) groups excluding carboxylic acids is 2. The lowest BCUT2D eigenvalue weighted by Gasteiger charge is -2.23. The number of hydrogen-bond acceptors (Lipinski definition) is 4. The summed E-state index contributed by atoms with van der Waals surface area (Å²) in [5, 5.41) is 5.71. The van der Waals surface area contributed by atoms with Crippen molar-refractivity contribution < 1.29 is 14.3 Å². The van der Waals surface area contributed by atoms with Crippen LogP contribution in [0.5, 0.6) is 5.75 Å². The highest BCUT2D eigenvalue weighted by Crippen LogP contribution is 2.34. The maximum absolute atomic E-state index is 12.6. The van der Waals surface area contributed by atoms with Crippen LogP contribution in [0.15, 0.2) is 24.3 Å². The third-order valence-corrected chi connectivity index (χ3v) is 5.96. The normalized spacial score (nSPS) is 21.6. The Bertz CT molecular complexity index is 858. The number of hydrogen-bond donors (Lipinski definition) is 2. The molecule has 1 aliphatic carbocycles. The van der Waals surface area contributed by atoms with Crippen molar-refractivity contribution in [3.8, 4) is 5.75 Å². The van der Waals surface area contributed by atoms with Gasteiger partial charge >= 0.3 is 0 Å². The van der Waals surface area contributed by atoms with Gasteiger partial charge in [-0.15, -0.1) is 11.3 Å². The van der Waals surface area contributed by atoms with Gasteiger partial charge in [-0.1, -0.05) is 6.92 Å². The first kappa shape index (κ1) is 16.1. The van der Waals surface area contributed by atoms with Gasteiger partial charge in [-0.25, -0.2) is 0 Å². The monoisotopic (exact) mass is 356 g/mol. The molecule has 130 valence electrons. The van der Waals surface area contributed by atoms with Crippen molar-refractivity contribution in [2.45, 2.75) is 39.2 Å². The van der Waals surface area contributed by atoms with Gasteiger partial charge in [-0.05, 0) is 61.9 Å². The molecule has 0 fully saturated rings. The summed E-state index contributed by atoms with van der Waals surface area (Å²) in [7, 11) is 0. The Morgan fingerprint density at radius 1 is 1.32 bits per heavy atom. The predicted molar refractivity (Wildman–Crippen MR) is 98.6 cm³/mol. The van der Waals surface area contributed by atoms with Crippen molar-refractivity contribution in [1.82, 2.24) is 0 Å². The Kier molecular flexibility index (Phi) is 4.00. The molecule has 25 heavy (non-hydrogen) atoms. The minimum atomic E-state index is -0.507. The first-order valence-electron chi connectivity index (χ1n) is 8.54. The summed E-state index contributed by atoms with van der Waals surface area (Å²) in [6.07, 6.45) is 2.80. The molecular weight excluding hydrogens is 336 g/mol. The van der Waals surface area contributed by atoms with Crippen molar-refractivity contribution in [2.75, 3.05) is 10.6 Å². The van der Waals surface area contributed by atoms with E-state index in [1.807, 2.05) is 6.07 Å². The number of fused-ring (bicyclic) bond motifs is 2. The molecule has 2 amide bonds. The fourth-order valence-corrected chi connectivity index (χ4v) is 4.40. The predicted octanol–water partition coefficient (Wildman–Crippen LogP) is 3.84. The van der Waals surface area contributed by atoms with E-state index in [1.54, 1.807) is 36.5 Å². The molecule has 1 aliphatic heterocycles. The van der Waals surface area contributed by atoms with E-state index in [9.17, 15) is 9.59 Å². The molecule has 1 aromatic heterocycles. The molecule has 0 radical (unpaired) electrons. The van der Waals surface area contributed by atoms with Crippen LogP contribution in [0.2, 0.25) is 0 Å². The van der Waals surface area contributed by atoms with Crippen LogP contribution in [0.25, 0.3) is 0 Å². The average Bonchev–Trinajstić information content (AvgIpc) is 2.99. The molecule has 0 unspecified atom stereocenters. The summed E-state index contributed by atoms with van der Waals surface area (Å²) >= 11 is 1.59. The fraction of sp³-hybridized carbons (Fsp3) is 0.368. The van der Waals surface area contributed by atoms with Gasteiger partial charge in [0.05, 0.1) is 10.6 Å². The molecule has 0 bridgehead atoms. The smallest absolute Gasteiger partial charge is 0.265 e. The zero-order valence-corrected chi connectivity index (χ0v) is 15.0. The lowest BCUT2D eigenvalue weighted by molar-refractivity contribution is -0.122. The molecule has 6 heteroatoms. The minimum Gasteiger partial charge on any atom is -0.479 e. The Morgan fingerprint density at radius 2 is 2.16 bits per heavy atom. The van der Waals surface area contributed by atoms with Crippen LogP contribution in [0.4, 0.5) is 11.4 Å². The van der Waals surface area contributed by atoms with Crippen LogP contribution in [0, 0.1) is 5.92 Å². The Labute approximate surface area is 150 Å². The van der Waals surface area contributed by atoms with Gasteiger partial charge in [-0.3, -0.25) is 9.59 Å². The van der Waals surface area contributed by atoms with Crippen molar-refractivity contribution >= 4 is 34.5 Å². The number of rotatable bonds is 2. The molecule has 0 saturated carbocycles. The Hall–Kier alpha value is -2.34. The van der Waals surface area contributed by atoms with Crippen LogP contribution in [-0.2, 0) is 17.6 Å². The van der Waals surface area contributed by atoms with Gasteiger partial charge in [0.2, 0.25) is 0 Å². The lowest BCUT2D eigenvalue weighted by Crippen LogP contribution is -2.34. The summed E-state index contributed by atoms with van der Waals surface area (Å²) < 4.78 is 5.53. The minimum absolute atomic E-state index is 0.108. The number of benzene rings is 1. The van der Waals surface area contributed by atoms with Gasteiger partial charge in [0, 0.05) is 10.6 Å². The molecule has 0 saturated heterocycles. The summed E-state index contributed by atoms with van der Waals surface area (Å²) in [6.45, 7) is 3.96. The van der Waals surface area contributed by atoms with Crippen LogP contribution < -0.4 is 15.4 Å². The SMILES string of the molecule is C[C@H]1CCc2sc(C(=O)Nc3ccc4c(c3)NC(=O)[C@H](C)O4)cc2C1. The number of nitrogens with one attached hydrogen (secondary N) is 2. The summed E-state index contributed by atoms with van der Waals surface area (Å²) in [5.74, 6) is 1.01. The standard InChI is InChI=1S/C19H20N2O3S/c1-10-3-6-16-12(7-10)8-17(25-16)19(23)20-13-4-5-15-14(9-13)21-18(22)11(2)24-15/h4-5,8-11H,3,6-7H2,1-2H3,(H,20,23)(H,21,22)/t10-,11-/m0/s1. The fourth-order valence-electron chi connectivity index (χ4n) is 3.30. The van der Waals surface area contributed by atoms with Gasteiger partial charge in [0.15, 0.2) is 6.10 Å². The largest absolute Gasteiger partial charge is 0.479 e. The number of aryl methyl sites for hydroxylation is 1. The van der Waals surface area contributed by atoms with E-state index < -0.39 is 6.10 Å². The van der Waals surface area contributed by atoms with Crippen molar-refractivity contribution in [1.29, 1.82) is 0 Å². The average molecular weight is 356 g/mol. The Balaban J connectivity index is 1.52. The highest BCUT2D eigenvalue weighted by atomic mass is 32.1. The van der Waals surface area contributed by atoms with E-state index in [2.05, 4.69) is 17.6 Å². The highest BCUT2D eigenvalue weighted by molar-refractivity contribution is 7.14. The maximum Gasteiger partial charge on any atom is 0.265 e. The van der Waals surface area contributed by atoms with E-state index in [-0.39, 0.29) is 11.8 Å². The molecular formula is C19H20N2O3S. The molecule has 4 rings (SSSR count). The van der Waals surface area contributed by atoms with E-state index in [1.165, 1.54) is 16.9 Å². The highest BCUT2D eigenvalue weighted by Gasteiger charge is 2.24. The molecule has 2 heterocycles. The molecule has 2 atom stereocenters. The van der Waals surface area contributed by atoms with E-state index in [0.717, 1.165) is 17.7 Å². The number of amides is 2. The molecule has 0 spiro atoms. The van der Waals surface area contributed by atoms with Gasteiger partial charge in [-0.2, -0.15) is 0 Å². The van der Waals surface area contributed by atoms with Gasteiger partial charge in [0.1, 0.15) is 5.75 Å². The molecule has 2 aliphatic rings. The topological polar surface area (TPSA) is 67.4 Å². The maximum atomic E-state index is 12.6. The summed E-state index contributed by atoms with van der Waals surface area (Å²) in [4.78, 5) is 26.4. The number of ether oxygens (including phenoxy) is 1. The first-order valence-corrected chi connectivity index (χ1v) is 9.36. The second-order valence-electron chi connectivity index (χ2n) is 6.82. The molecule has 2 N–H and O–H groups in total. The van der Waals surface area contributed by atoms with Crippen LogP contribution in [0.1, 0.15) is 40.4 Å². The van der Waals surface area contributed by atoms with Crippen molar-refractivity contribution in [2.24, 2.45) is 5.92 Å². The third kappa shape index (κ3) is 3.14. The zero-order chi connectivity index (χ0) is 17.6. The molecule has 1 aromatic carbocycles. The zero-order valence-electron chi connectivity index (χ0n) is 14.2. The van der Waals surface area contributed by atoms with Crippen LogP contribution in [-0.4, -0.2) is 17.9 Å². The first-order chi connectivity index (χ1) is 12.0. The van der Waals surface area contributed by atoms with Crippen LogP contribution >= 0.6 is 11.3 Å². The quantitative estimate of drug-likeness (QED) is 0.859. The van der Waals surface area contributed by atoms with Gasteiger partial charge < -0.3 is 15.4 Å². The van der Waals surface area contributed by atoms with E-state index in [0.29, 0.717) is 23.0 Å². The van der Waals surface area contributed by atoms with Crippen LogP contribution in [0.3, 0.4) is 0 Å². The Morgan fingerprint density at radius 3 is 3.00 bits per heavy atom. The third-order valence-electron chi connectivity index (χ3n) is 4.72. The van der Waals surface area contributed by atoms with Crippen molar-refractivity contribution in [3.05, 3.63) is 39.6 Å². The molecule has 5 nitrogen and oxygen atoms in total. The summed E-state index contributed by atoms with van der Waals surface area (Å²) in [6, 6.07) is 7.31. The lowest BCUT2D eigenvalue weighted by atomic mass is 9.90.